The molecule has 0 bridgehead atoms. The molecular weight excluding hydrogens is 675 g/mol. The van der Waals surface area contributed by atoms with Crippen molar-refractivity contribution in [3.8, 4) is 0 Å². The fraction of sp³-hybridized carbons (Fsp3) is 0.905. The summed E-state index contributed by atoms with van der Waals surface area (Å²) < 4.78 is 0. The van der Waals surface area contributed by atoms with Crippen LogP contribution in [0.2, 0.25) is 0 Å². The second-order valence-electron chi connectivity index (χ2n) is 17.8. The number of Topliss-reactive ketones (excluding diaryl/α,β-unsaturated/α-hetero) is 1. The average molecular weight is 750 g/mol. The minimum Gasteiger partial charge on any atom is -0.353 e. The van der Waals surface area contributed by atoms with Gasteiger partial charge in [0.25, 0.3) is 0 Å². The van der Waals surface area contributed by atoms with Crippen molar-refractivity contribution in [2.24, 2.45) is 47.3 Å². The summed E-state index contributed by atoms with van der Waals surface area (Å²) in [6, 6.07) is 1.34. The van der Waals surface area contributed by atoms with Gasteiger partial charge in [-0.3, -0.25) is 19.2 Å². The summed E-state index contributed by atoms with van der Waals surface area (Å²) in [5.74, 6) is 7.94. The van der Waals surface area contributed by atoms with Gasteiger partial charge in [-0.25, -0.2) is 0 Å². The number of thioether (sulfide) groups is 2. The van der Waals surface area contributed by atoms with Gasteiger partial charge in [-0.15, -0.1) is 0 Å². The first-order valence-corrected chi connectivity index (χ1v) is 22.9. The molecule has 294 valence electrons. The fourth-order valence-corrected chi connectivity index (χ4v) is 11.7. The summed E-state index contributed by atoms with van der Waals surface area (Å²) in [6.45, 7) is 19.7. The smallest absolute Gasteiger partial charge is 0.220 e. The Morgan fingerprint density at radius 3 is 1.65 bits per heavy atom. The van der Waals surface area contributed by atoms with E-state index in [1.807, 2.05) is 32.5 Å². The van der Waals surface area contributed by atoms with Crippen molar-refractivity contribution in [3.05, 3.63) is 0 Å². The molecule has 2 unspecified atom stereocenters. The normalized spacial score (nSPS) is 30.6. The van der Waals surface area contributed by atoms with Gasteiger partial charge in [-0.2, -0.15) is 23.5 Å². The van der Waals surface area contributed by atoms with Crippen molar-refractivity contribution in [2.75, 3.05) is 11.5 Å². The number of fused-ring (bicyclic) bond motifs is 2. The standard InChI is InChI=1S/C15H25NO2S.C14H25NOS.C13H25NO/c1-9(2)15(18)10(3)5-4-6-12-14-11(8-19-12)7-13(17)16-14;1-9(2)10(3)5-4-6-12-14-11(8-17-12)7-13(16)15-14;1-10(2)7-5-4-6-8-12-11(3)9-13(15)14-12/h9-12,14H,4-8H2,1-3H3,(H,16,17);9-12,14H,4-8H2,1-3H3,(H,15,16);10-12H,4-9H2,1-3H3,(H,14,15)/t2*10?,11-,12-,14-;11-,12-/m001/s1. The third-order valence-corrected chi connectivity index (χ3v) is 15.4. The lowest BCUT2D eigenvalue weighted by atomic mass is 9.91. The molecule has 5 rings (SSSR count). The predicted molar refractivity (Wildman–Crippen MR) is 217 cm³/mol. The highest BCUT2D eigenvalue weighted by Crippen LogP contribution is 2.41. The van der Waals surface area contributed by atoms with Gasteiger partial charge in [0.1, 0.15) is 5.78 Å². The zero-order valence-electron chi connectivity index (χ0n) is 33.8. The van der Waals surface area contributed by atoms with E-state index in [0.29, 0.717) is 52.2 Å². The first-order valence-electron chi connectivity index (χ1n) is 20.8. The highest BCUT2D eigenvalue weighted by molar-refractivity contribution is 8.00. The second-order valence-corrected chi connectivity index (χ2v) is 20.3. The molecule has 0 aromatic rings. The van der Waals surface area contributed by atoms with Gasteiger partial charge < -0.3 is 16.0 Å². The molecule has 0 aromatic carbocycles. The Kier molecular flexibility index (Phi) is 19.3. The lowest BCUT2D eigenvalue weighted by molar-refractivity contribution is -0.125. The molecule has 0 saturated carbocycles. The second kappa shape index (κ2) is 22.2. The van der Waals surface area contributed by atoms with E-state index in [1.54, 1.807) is 0 Å². The Bertz CT molecular complexity index is 1100. The van der Waals surface area contributed by atoms with Gasteiger partial charge in [0, 0.05) is 59.7 Å². The molecule has 5 aliphatic heterocycles. The maximum atomic E-state index is 11.8. The maximum Gasteiger partial charge on any atom is 0.220 e. The van der Waals surface area contributed by atoms with Crippen LogP contribution in [-0.4, -0.2) is 63.6 Å². The van der Waals surface area contributed by atoms with Crippen LogP contribution in [0.25, 0.3) is 0 Å². The Morgan fingerprint density at radius 1 is 0.647 bits per heavy atom. The number of rotatable bonds is 17. The molecule has 5 fully saturated rings. The Morgan fingerprint density at radius 2 is 1.18 bits per heavy atom. The van der Waals surface area contributed by atoms with Crippen molar-refractivity contribution in [1.82, 2.24) is 16.0 Å². The number of hydrogen-bond donors (Lipinski definition) is 3. The van der Waals surface area contributed by atoms with E-state index in [2.05, 4.69) is 69.3 Å². The summed E-state index contributed by atoms with van der Waals surface area (Å²) in [5.41, 5.74) is 0. The minimum absolute atomic E-state index is 0.148. The van der Waals surface area contributed by atoms with Crippen molar-refractivity contribution in [3.63, 3.8) is 0 Å². The lowest BCUT2D eigenvalue weighted by Gasteiger charge is -2.20. The number of unbranched alkanes of at least 4 members (excludes halogenated alkanes) is 2. The Balaban J connectivity index is 0.000000208. The summed E-state index contributed by atoms with van der Waals surface area (Å²) >= 11 is 4.08. The quantitative estimate of drug-likeness (QED) is 0.129. The summed E-state index contributed by atoms with van der Waals surface area (Å²) in [4.78, 5) is 45.7. The van der Waals surface area contributed by atoms with Crippen LogP contribution in [0.5, 0.6) is 0 Å². The van der Waals surface area contributed by atoms with Crippen LogP contribution in [0.1, 0.15) is 152 Å². The van der Waals surface area contributed by atoms with E-state index < -0.39 is 0 Å². The first-order chi connectivity index (χ1) is 24.2. The van der Waals surface area contributed by atoms with E-state index in [9.17, 15) is 19.2 Å². The molecular formula is C42H75N3O4S2. The van der Waals surface area contributed by atoms with Crippen molar-refractivity contribution in [2.45, 2.75) is 181 Å². The zero-order valence-corrected chi connectivity index (χ0v) is 35.4. The van der Waals surface area contributed by atoms with Crippen LogP contribution in [0.4, 0.5) is 0 Å². The van der Waals surface area contributed by atoms with Gasteiger partial charge in [0.05, 0.1) is 0 Å². The number of nitrogens with one attached hydrogen (secondary N) is 3. The molecule has 5 saturated heterocycles. The number of ketones is 1. The Hall–Kier alpha value is -1.22. The van der Waals surface area contributed by atoms with Crippen LogP contribution in [-0.2, 0) is 19.2 Å². The highest BCUT2D eigenvalue weighted by atomic mass is 32.2. The minimum atomic E-state index is 0.148. The number of carbonyl (C=O) groups is 4. The molecule has 0 radical (unpaired) electrons. The van der Waals surface area contributed by atoms with Crippen LogP contribution in [0, 0.1) is 47.3 Å². The molecule has 0 aliphatic carbocycles. The molecule has 10 atom stereocenters. The van der Waals surface area contributed by atoms with Crippen LogP contribution >= 0.6 is 23.5 Å². The molecule has 7 nitrogen and oxygen atoms in total. The summed E-state index contributed by atoms with van der Waals surface area (Å²) in [7, 11) is 0. The lowest BCUT2D eigenvalue weighted by Crippen LogP contribution is -2.34. The van der Waals surface area contributed by atoms with E-state index in [4.69, 9.17) is 0 Å². The van der Waals surface area contributed by atoms with Gasteiger partial charge in [-0.05, 0) is 72.7 Å². The number of carbonyl (C=O) groups excluding carboxylic acids is 4. The van der Waals surface area contributed by atoms with Crippen molar-refractivity contribution >= 4 is 47.0 Å². The van der Waals surface area contributed by atoms with Gasteiger partial charge >= 0.3 is 0 Å². The van der Waals surface area contributed by atoms with E-state index >= 15 is 0 Å². The third kappa shape index (κ3) is 14.9. The number of hydrogen-bond acceptors (Lipinski definition) is 6. The molecule has 0 aromatic heterocycles. The van der Waals surface area contributed by atoms with Gasteiger partial charge in [-0.1, -0.05) is 107 Å². The summed E-state index contributed by atoms with van der Waals surface area (Å²) in [5, 5.41) is 10.6. The van der Waals surface area contributed by atoms with Crippen molar-refractivity contribution < 1.29 is 19.2 Å². The topological polar surface area (TPSA) is 104 Å². The SMILES string of the molecule is CC(C)C(=O)C(C)CCC[C@@H]1SC[C@@H]2CC(=O)N[C@@H]21.CC(C)C(C)CCC[C@@H]1SC[C@@H]2CC(=O)N[C@@H]21.CC(C)CCCCC[C@H]1NC(=O)C[C@H]1C. The predicted octanol–water partition coefficient (Wildman–Crippen LogP) is 8.82. The zero-order chi connectivity index (χ0) is 37.7. The van der Waals surface area contributed by atoms with E-state index in [-0.39, 0.29) is 29.6 Å². The largest absolute Gasteiger partial charge is 0.353 e. The first kappa shape index (κ1) is 44.2. The van der Waals surface area contributed by atoms with Gasteiger partial charge in [0.2, 0.25) is 17.7 Å². The molecule has 0 spiro atoms. The monoisotopic (exact) mass is 750 g/mol. The molecule has 5 aliphatic rings. The van der Waals surface area contributed by atoms with Crippen LogP contribution in [0.15, 0.2) is 0 Å². The molecule has 3 amide bonds. The molecule has 5 heterocycles. The fourth-order valence-electron chi connectivity index (χ4n) is 8.41. The van der Waals surface area contributed by atoms with E-state index in [0.717, 1.165) is 62.0 Å². The van der Waals surface area contributed by atoms with E-state index in [1.165, 1.54) is 57.1 Å². The third-order valence-electron chi connectivity index (χ3n) is 12.2. The molecule has 9 heteroatoms. The molecule has 51 heavy (non-hydrogen) atoms. The summed E-state index contributed by atoms with van der Waals surface area (Å²) in [6.07, 6.45) is 15.8. The average Bonchev–Trinajstić information content (AvgIpc) is 3.87. The Labute approximate surface area is 320 Å². The number of amides is 3. The van der Waals surface area contributed by atoms with Gasteiger partial charge in [0.15, 0.2) is 0 Å². The van der Waals surface area contributed by atoms with Crippen LogP contribution < -0.4 is 16.0 Å². The maximum absolute atomic E-state index is 11.8. The van der Waals surface area contributed by atoms with Crippen LogP contribution in [0.3, 0.4) is 0 Å². The molecule has 3 N–H and O–H groups in total. The highest BCUT2D eigenvalue weighted by Gasteiger charge is 2.43. The van der Waals surface area contributed by atoms with Crippen molar-refractivity contribution in [1.29, 1.82) is 0 Å².